The van der Waals surface area contributed by atoms with Gasteiger partial charge in [0.25, 0.3) is 5.91 Å². The molecule has 5 nitrogen and oxygen atoms in total. The molecule has 1 aromatic carbocycles. The second kappa shape index (κ2) is 5.80. The number of hydrogen-bond donors (Lipinski definition) is 0. The second-order valence-electron chi connectivity index (χ2n) is 6.66. The first-order chi connectivity index (χ1) is 11.2. The zero-order valence-electron chi connectivity index (χ0n) is 13.5. The molecule has 1 aromatic heterocycles. The number of benzene rings is 1. The molecule has 1 atom stereocenters. The van der Waals surface area contributed by atoms with E-state index in [1.807, 2.05) is 39.9 Å². The van der Waals surface area contributed by atoms with E-state index in [1.165, 1.54) is 6.42 Å². The van der Waals surface area contributed by atoms with Crippen LogP contribution in [0.25, 0.3) is 5.69 Å². The summed E-state index contributed by atoms with van der Waals surface area (Å²) in [5, 5.41) is 4.57. The molecule has 1 saturated heterocycles. The van der Waals surface area contributed by atoms with E-state index in [-0.39, 0.29) is 11.9 Å². The number of amides is 1. The van der Waals surface area contributed by atoms with E-state index < -0.39 is 0 Å². The maximum atomic E-state index is 12.8. The number of para-hydroxylation sites is 1. The summed E-state index contributed by atoms with van der Waals surface area (Å²) >= 11 is 0. The van der Waals surface area contributed by atoms with Crippen molar-refractivity contribution in [1.82, 2.24) is 19.7 Å². The Morgan fingerprint density at radius 3 is 2.61 bits per heavy atom. The van der Waals surface area contributed by atoms with Crippen LogP contribution in [0, 0.1) is 0 Å². The monoisotopic (exact) mass is 310 g/mol. The van der Waals surface area contributed by atoms with E-state index >= 15 is 0 Å². The predicted octanol–water partition coefficient (Wildman–Crippen LogP) is 3.16. The smallest absolute Gasteiger partial charge is 0.293 e. The Kier molecular flexibility index (Phi) is 3.63. The molecule has 0 spiro atoms. The van der Waals surface area contributed by atoms with Crippen LogP contribution in [0.3, 0.4) is 0 Å². The van der Waals surface area contributed by atoms with Crippen molar-refractivity contribution in [3.63, 3.8) is 0 Å². The molecule has 4 rings (SSSR count). The fourth-order valence-electron chi connectivity index (χ4n) is 3.31. The average Bonchev–Trinajstić information content (AvgIpc) is 3.34. The summed E-state index contributed by atoms with van der Waals surface area (Å²) in [6.45, 7) is 2.94. The third kappa shape index (κ3) is 2.76. The van der Waals surface area contributed by atoms with Crippen LogP contribution in [0.1, 0.15) is 61.4 Å². The standard InChI is InChI=1S/C18H22N4O/c1-13-7-5-6-12-21(13)18(23)16-19-17(14-10-11-14)22(20-16)15-8-3-2-4-9-15/h2-4,8-9,13-14H,5-7,10-12H2,1H3. The summed E-state index contributed by atoms with van der Waals surface area (Å²) in [4.78, 5) is 19.4. The number of likely N-dealkylation sites (tertiary alicyclic amines) is 1. The van der Waals surface area contributed by atoms with Crippen LogP contribution in [0.5, 0.6) is 0 Å². The molecule has 23 heavy (non-hydrogen) atoms. The average molecular weight is 310 g/mol. The van der Waals surface area contributed by atoms with Gasteiger partial charge in [-0.25, -0.2) is 9.67 Å². The lowest BCUT2D eigenvalue weighted by Crippen LogP contribution is -2.42. The minimum absolute atomic E-state index is 0.0196. The molecule has 5 heteroatoms. The van der Waals surface area contributed by atoms with Crippen molar-refractivity contribution in [3.05, 3.63) is 42.0 Å². The van der Waals surface area contributed by atoms with Crippen LogP contribution in [-0.2, 0) is 0 Å². The van der Waals surface area contributed by atoms with Gasteiger partial charge in [0.05, 0.1) is 5.69 Å². The number of aromatic nitrogens is 3. The quantitative estimate of drug-likeness (QED) is 0.875. The fraction of sp³-hybridized carbons (Fsp3) is 0.500. The molecule has 1 aliphatic carbocycles. The topological polar surface area (TPSA) is 51.0 Å². The van der Waals surface area contributed by atoms with E-state index in [0.717, 1.165) is 43.7 Å². The van der Waals surface area contributed by atoms with Gasteiger partial charge in [0.2, 0.25) is 5.82 Å². The van der Waals surface area contributed by atoms with E-state index in [0.29, 0.717) is 11.7 Å². The normalized spacial score (nSPS) is 21.4. The van der Waals surface area contributed by atoms with Gasteiger partial charge in [-0.1, -0.05) is 18.2 Å². The number of piperidine rings is 1. The number of carbonyl (C=O) groups is 1. The van der Waals surface area contributed by atoms with Crippen molar-refractivity contribution in [2.45, 2.75) is 51.0 Å². The molecule has 0 bridgehead atoms. The van der Waals surface area contributed by atoms with Gasteiger partial charge in [-0.3, -0.25) is 4.79 Å². The van der Waals surface area contributed by atoms with E-state index in [9.17, 15) is 4.79 Å². The Balaban J connectivity index is 1.68. The highest BCUT2D eigenvalue weighted by molar-refractivity contribution is 5.90. The zero-order chi connectivity index (χ0) is 15.8. The summed E-state index contributed by atoms with van der Waals surface area (Å²) in [7, 11) is 0. The molecular formula is C18H22N4O. The van der Waals surface area contributed by atoms with Gasteiger partial charge in [0.15, 0.2) is 0 Å². The minimum atomic E-state index is -0.0196. The van der Waals surface area contributed by atoms with Crippen molar-refractivity contribution < 1.29 is 4.79 Å². The van der Waals surface area contributed by atoms with E-state index in [4.69, 9.17) is 0 Å². The van der Waals surface area contributed by atoms with E-state index in [1.54, 1.807) is 0 Å². The first kappa shape index (κ1) is 14.4. The highest BCUT2D eigenvalue weighted by Gasteiger charge is 2.33. The Hall–Kier alpha value is -2.17. The van der Waals surface area contributed by atoms with Crippen molar-refractivity contribution >= 4 is 5.91 Å². The number of hydrogen-bond acceptors (Lipinski definition) is 3. The maximum Gasteiger partial charge on any atom is 0.293 e. The molecular weight excluding hydrogens is 288 g/mol. The fourth-order valence-corrected chi connectivity index (χ4v) is 3.31. The molecule has 2 fully saturated rings. The highest BCUT2D eigenvalue weighted by atomic mass is 16.2. The summed E-state index contributed by atoms with van der Waals surface area (Å²) in [5.74, 6) is 1.71. The first-order valence-electron chi connectivity index (χ1n) is 8.57. The molecule has 1 amide bonds. The number of nitrogens with zero attached hydrogens (tertiary/aromatic N) is 4. The van der Waals surface area contributed by atoms with Crippen LogP contribution < -0.4 is 0 Å². The zero-order valence-corrected chi connectivity index (χ0v) is 13.5. The van der Waals surface area contributed by atoms with Crippen LogP contribution in [0.15, 0.2) is 30.3 Å². The largest absolute Gasteiger partial charge is 0.333 e. The summed E-state index contributed by atoms with van der Waals surface area (Å²) in [6, 6.07) is 10.3. The molecule has 1 aliphatic heterocycles. The third-order valence-corrected chi connectivity index (χ3v) is 4.83. The Morgan fingerprint density at radius 1 is 1.13 bits per heavy atom. The minimum Gasteiger partial charge on any atom is -0.333 e. The van der Waals surface area contributed by atoms with Gasteiger partial charge < -0.3 is 4.90 Å². The SMILES string of the molecule is CC1CCCCN1C(=O)c1nc(C2CC2)n(-c2ccccc2)n1. The van der Waals surface area contributed by atoms with E-state index in [2.05, 4.69) is 17.0 Å². The number of rotatable bonds is 3. The maximum absolute atomic E-state index is 12.8. The first-order valence-corrected chi connectivity index (χ1v) is 8.57. The molecule has 1 saturated carbocycles. The second-order valence-corrected chi connectivity index (χ2v) is 6.66. The molecule has 120 valence electrons. The Labute approximate surface area is 136 Å². The summed E-state index contributed by atoms with van der Waals surface area (Å²) in [5.41, 5.74) is 0.979. The van der Waals surface area contributed by atoms with Gasteiger partial charge in [0.1, 0.15) is 5.82 Å². The van der Waals surface area contributed by atoms with Crippen molar-refractivity contribution in [2.24, 2.45) is 0 Å². The molecule has 1 unspecified atom stereocenters. The van der Waals surface area contributed by atoms with Gasteiger partial charge in [-0.15, -0.1) is 5.10 Å². The molecule has 2 aliphatic rings. The van der Waals surface area contributed by atoms with Crippen molar-refractivity contribution in [3.8, 4) is 5.69 Å². The van der Waals surface area contributed by atoms with Crippen molar-refractivity contribution in [2.75, 3.05) is 6.54 Å². The lowest BCUT2D eigenvalue weighted by atomic mass is 10.0. The van der Waals surface area contributed by atoms with Crippen LogP contribution >= 0.6 is 0 Å². The van der Waals surface area contributed by atoms with Crippen LogP contribution in [0.2, 0.25) is 0 Å². The van der Waals surface area contributed by atoms with Crippen molar-refractivity contribution in [1.29, 1.82) is 0 Å². The highest BCUT2D eigenvalue weighted by Crippen LogP contribution is 2.39. The lowest BCUT2D eigenvalue weighted by Gasteiger charge is -2.32. The lowest BCUT2D eigenvalue weighted by molar-refractivity contribution is 0.0623. The predicted molar refractivity (Wildman–Crippen MR) is 87.7 cm³/mol. The van der Waals surface area contributed by atoms with Crippen LogP contribution in [0.4, 0.5) is 0 Å². The van der Waals surface area contributed by atoms with Gasteiger partial charge in [0, 0.05) is 18.5 Å². The molecule has 0 radical (unpaired) electrons. The third-order valence-electron chi connectivity index (χ3n) is 4.83. The Bertz CT molecular complexity index is 705. The van der Waals surface area contributed by atoms with Gasteiger partial charge >= 0.3 is 0 Å². The number of carbonyl (C=O) groups excluding carboxylic acids is 1. The van der Waals surface area contributed by atoms with Gasteiger partial charge in [-0.05, 0) is 51.2 Å². The van der Waals surface area contributed by atoms with Crippen LogP contribution in [-0.4, -0.2) is 38.2 Å². The molecule has 2 heterocycles. The molecule has 2 aromatic rings. The summed E-state index contributed by atoms with van der Waals surface area (Å²) < 4.78 is 1.86. The molecule has 0 N–H and O–H groups in total. The summed E-state index contributed by atoms with van der Waals surface area (Å²) in [6.07, 6.45) is 5.62. The Morgan fingerprint density at radius 2 is 1.91 bits per heavy atom. The van der Waals surface area contributed by atoms with Gasteiger partial charge in [-0.2, -0.15) is 0 Å².